The predicted octanol–water partition coefficient (Wildman–Crippen LogP) is 2.35. The Hall–Kier alpha value is -1.07. The number of ether oxygens (including phenoxy) is 1. The molecule has 0 saturated carbocycles. The molecule has 18 heavy (non-hydrogen) atoms. The summed E-state index contributed by atoms with van der Waals surface area (Å²) in [6, 6.07) is 0.241. The van der Waals surface area contributed by atoms with Gasteiger partial charge < -0.3 is 15.2 Å². The Bertz CT molecular complexity index is 397. The van der Waals surface area contributed by atoms with Crippen LogP contribution in [0.1, 0.15) is 27.2 Å². The molecule has 1 aromatic heterocycles. The molecular weight excluding hydrogens is 254 g/mol. The molecule has 0 radical (unpaired) electrons. The summed E-state index contributed by atoms with van der Waals surface area (Å²) in [7, 11) is 1.49. The number of methoxy groups -OCH3 is 1. The largest absolute Gasteiger partial charge is 0.467 e. The molecule has 0 aromatic carbocycles. The minimum absolute atomic E-state index is 0.241. The maximum absolute atomic E-state index is 10.2. The molecule has 1 heterocycles. The molecular formula is C12H20ClN3O2. The number of aliphatic hydroxyl groups is 1. The van der Waals surface area contributed by atoms with Crippen molar-refractivity contribution in [1.82, 2.24) is 9.97 Å². The average molecular weight is 274 g/mol. The Balaban J connectivity index is 2.67. The number of hydrogen-bond acceptors (Lipinski definition) is 5. The lowest BCUT2D eigenvalue weighted by atomic mass is 9.94. The van der Waals surface area contributed by atoms with Gasteiger partial charge in [0.2, 0.25) is 0 Å². The normalized spacial score (nSPS) is 14.4. The molecule has 0 bridgehead atoms. The standard InChI is InChI=1S/C12H20ClN3O2/c1-8(2)5-12(3,17)7-15-10-9(13)6-14-11(16-10)18-4/h6,8,17H,5,7H2,1-4H3,(H,14,15,16). The van der Waals surface area contributed by atoms with Crippen LogP contribution in [0.3, 0.4) is 0 Å². The monoisotopic (exact) mass is 273 g/mol. The molecule has 0 aliphatic rings. The molecule has 0 spiro atoms. The van der Waals surface area contributed by atoms with E-state index in [0.717, 1.165) is 0 Å². The van der Waals surface area contributed by atoms with E-state index in [0.29, 0.717) is 29.7 Å². The van der Waals surface area contributed by atoms with Crippen LogP contribution in [0.25, 0.3) is 0 Å². The van der Waals surface area contributed by atoms with E-state index in [9.17, 15) is 5.11 Å². The summed E-state index contributed by atoms with van der Waals surface area (Å²) < 4.78 is 4.92. The van der Waals surface area contributed by atoms with Crippen LogP contribution in [-0.4, -0.2) is 34.3 Å². The van der Waals surface area contributed by atoms with Gasteiger partial charge in [-0.1, -0.05) is 25.4 Å². The summed E-state index contributed by atoms with van der Waals surface area (Å²) in [5, 5.41) is 13.6. The summed E-state index contributed by atoms with van der Waals surface area (Å²) in [4.78, 5) is 7.97. The fourth-order valence-electron chi connectivity index (χ4n) is 1.80. The second kappa shape index (κ2) is 6.20. The first-order valence-corrected chi connectivity index (χ1v) is 6.24. The lowest BCUT2D eigenvalue weighted by molar-refractivity contribution is 0.0514. The van der Waals surface area contributed by atoms with E-state index >= 15 is 0 Å². The van der Waals surface area contributed by atoms with Gasteiger partial charge in [-0.15, -0.1) is 0 Å². The highest BCUT2D eigenvalue weighted by Crippen LogP contribution is 2.22. The zero-order valence-corrected chi connectivity index (χ0v) is 12.0. The summed E-state index contributed by atoms with van der Waals surface area (Å²) in [6.07, 6.45) is 2.16. The van der Waals surface area contributed by atoms with Gasteiger partial charge in [-0.25, -0.2) is 4.98 Å². The van der Waals surface area contributed by atoms with Crippen LogP contribution < -0.4 is 10.1 Å². The van der Waals surface area contributed by atoms with E-state index in [1.165, 1.54) is 13.3 Å². The Morgan fingerprint density at radius 1 is 1.56 bits per heavy atom. The zero-order valence-electron chi connectivity index (χ0n) is 11.2. The third kappa shape index (κ3) is 4.66. The van der Waals surface area contributed by atoms with E-state index < -0.39 is 5.60 Å². The predicted molar refractivity (Wildman–Crippen MR) is 72.2 cm³/mol. The van der Waals surface area contributed by atoms with Crippen molar-refractivity contribution >= 4 is 17.4 Å². The second-order valence-corrected chi connectivity index (χ2v) is 5.41. The van der Waals surface area contributed by atoms with Crippen LogP contribution in [-0.2, 0) is 0 Å². The van der Waals surface area contributed by atoms with E-state index in [2.05, 4.69) is 29.1 Å². The average Bonchev–Trinajstić information content (AvgIpc) is 2.26. The number of anilines is 1. The molecule has 102 valence electrons. The van der Waals surface area contributed by atoms with Crippen molar-refractivity contribution in [2.24, 2.45) is 5.92 Å². The van der Waals surface area contributed by atoms with Gasteiger partial charge in [0.15, 0.2) is 5.82 Å². The van der Waals surface area contributed by atoms with Gasteiger partial charge in [0.25, 0.3) is 0 Å². The molecule has 2 N–H and O–H groups in total. The maximum atomic E-state index is 10.2. The molecule has 1 aromatic rings. The molecule has 0 aliphatic heterocycles. The van der Waals surface area contributed by atoms with Crippen molar-refractivity contribution in [2.75, 3.05) is 19.0 Å². The van der Waals surface area contributed by atoms with Crippen LogP contribution in [0.2, 0.25) is 5.02 Å². The Labute approximate surface area is 113 Å². The summed E-state index contributed by atoms with van der Waals surface area (Å²) in [5.74, 6) is 0.879. The van der Waals surface area contributed by atoms with Crippen LogP contribution in [0.5, 0.6) is 6.01 Å². The minimum Gasteiger partial charge on any atom is -0.467 e. The maximum Gasteiger partial charge on any atom is 0.318 e. The Morgan fingerprint density at radius 3 is 2.78 bits per heavy atom. The van der Waals surface area contributed by atoms with Gasteiger partial charge >= 0.3 is 6.01 Å². The fraction of sp³-hybridized carbons (Fsp3) is 0.667. The molecule has 1 rings (SSSR count). The third-order valence-electron chi connectivity index (χ3n) is 2.39. The number of nitrogens with one attached hydrogen (secondary N) is 1. The Kier molecular flexibility index (Phi) is 5.16. The topological polar surface area (TPSA) is 67.3 Å². The van der Waals surface area contributed by atoms with E-state index in [-0.39, 0.29) is 6.01 Å². The molecule has 6 heteroatoms. The highest BCUT2D eigenvalue weighted by molar-refractivity contribution is 6.32. The Morgan fingerprint density at radius 2 is 2.22 bits per heavy atom. The molecule has 1 atom stereocenters. The summed E-state index contributed by atoms with van der Waals surface area (Å²) in [5.41, 5.74) is -0.810. The van der Waals surface area contributed by atoms with Gasteiger partial charge in [-0.05, 0) is 19.3 Å². The van der Waals surface area contributed by atoms with Crippen molar-refractivity contribution in [3.05, 3.63) is 11.2 Å². The van der Waals surface area contributed by atoms with Gasteiger partial charge in [0, 0.05) is 6.54 Å². The second-order valence-electron chi connectivity index (χ2n) is 5.00. The van der Waals surface area contributed by atoms with Crippen LogP contribution >= 0.6 is 11.6 Å². The van der Waals surface area contributed by atoms with E-state index in [4.69, 9.17) is 16.3 Å². The molecule has 0 saturated heterocycles. The van der Waals surface area contributed by atoms with Gasteiger partial charge in [-0.2, -0.15) is 4.98 Å². The van der Waals surface area contributed by atoms with Crippen LogP contribution in [0.15, 0.2) is 6.20 Å². The fourth-order valence-corrected chi connectivity index (χ4v) is 1.96. The van der Waals surface area contributed by atoms with Gasteiger partial charge in [0.05, 0.1) is 18.9 Å². The number of rotatable bonds is 6. The highest BCUT2D eigenvalue weighted by atomic mass is 35.5. The van der Waals surface area contributed by atoms with Gasteiger partial charge in [-0.3, -0.25) is 0 Å². The van der Waals surface area contributed by atoms with Crippen molar-refractivity contribution in [1.29, 1.82) is 0 Å². The number of hydrogen-bond donors (Lipinski definition) is 2. The first-order valence-electron chi connectivity index (χ1n) is 5.87. The first kappa shape index (κ1) is 15.0. The quantitative estimate of drug-likeness (QED) is 0.833. The smallest absolute Gasteiger partial charge is 0.318 e. The highest BCUT2D eigenvalue weighted by Gasteiger charge is 2.22. The lowest BCUT2D eigenvalue weighted by Gasteiger charge is -2.26. The van der Waals surface area contributed by atoms with Crippen molar-refractivity contribution in [3.8, 4) is 6.01 Å². The van der Waals surface area contributed by atoms with Crippen molar-refractivity contribution < 1.29 is 9.84 Å². The molecule has 0 amide bonds. The molecule has 5 nitrogen and oxygen atoms in total. The van der Waals surface area contributed by atoms with Crippen molar-refractivity contribution in [2.45, 2.75) is 32.8 Å². The van der Waals surface area contributed by atoms with Crippen molar-refractivity contribution in [3.63, 3.8) is 0 Å². The van der Waals surface area contributed by atoms with Gasteiger partial charge in [0.1, 0.15) is 5.02 Å². The number of nitrogens with zero attached hydrogens (tertiary/aromatic N) is 2. The van der Waals surface area contributed by atoms with E-state index in [1.807, 2.05) is 0 Å². The molecule has 0 fully saturated rings. The first-order chi connectivity index (χ1) is 8.34. The molecule has 1 unspecified atom stereocenters. The van der Waals surface area contributed by atoms with Crippen LogP contribution in [0.4, 0.5) is 5.82 Å². The molecule has 0 aliphatic carbocycles. The minimum atomic E-state index is -0.810. The lowest BCUT2D eigenvalue weighted by Crippen LogP contribution is -2.35. The third-order valence-corrected chi connectivity index (χ3v) is 2.67. The van der Waals surface area contributed by atoms with Crippen LogP contribution in [0, 0.1) is 5.92 Å². The summed E-state index contributed by atoms with van der Waals surface area (Å²) >= 11 is 5.96. The zero-order chi connectivity index (χ0) is 13.8. The number of halogens is 1. The SMILES string of the molecule is COc1ncc(Cl)c(NCC(C)(O)CC(C)C)n1. The summed E-state index contributed by atoms with van der Waals surface area (Å²) in [6.45, 7) is 6.28. The van der Waals surface area contributed by atoms with E-state index in [1.54, 1.807) is 6.92 Å². The number of aromatic nitrogens is 2.